The third kappa shape index (κ3) is 14.7. The molecule has 0 saturated carbocycles. The molecule has 3 heteroatoms. The van der Waals surface area contributed by atoms with Crippen LogP contribution in [-0.4, -0.2) is 31.9 Å². The van der Waals surface area contributed by atoms with E-state index in [0.29, 0.717) is 0 Å². The fraction of sp³-hybridized carbons (Fsp3) is 1.00. The molecule has 82 valence electrons. The minimum atomic E-state index is 0. The fourth-order valence-corrected chi connectivity index (χ4v) is 0.940. The third-order valence-electron chi connectivity index (χ3n) is 1.70. The van der Waals surface area contributed by atoms with Crippen LogP contribution in [0.15, 0.2) is 0 Å². The summed E-state index contributed by atoms with van der Waals surface area (Å²) in [7, 11) is 0. The molecule has 0 atom stereocenters. The van der Waals surface area contributed by atoms with Crippen LogP contribution >= 0.6 is 0 Å². The topological polar surface area (TPSA) is 50.0 Å². The number of hydrogen-bond acceptors (Lipinski definition) is 2. The lowest BCUT2D eigenvalue weighted by molar-refractivity contribution is -0.0334. The van der Waals surface area contributed by atoms with Gasteiger partial charge in [0.2, 0.25) is 0 Å². The molecule has 1 saturated heterocycles. The molecule has 13 heavy (non-hydrogen) atoms. The largest absolute Gasteiger partial charge is 0.412 e. The summed E-state index contributed by atoms with van der Waals surface area (Å²) in [5, 5.41) is 0. The quantitative estimate of drug-likeness (QED) is 0.640. The molecule has 1 heterocycles. The van der Waals surface area contributed by atoms with Crippen LogP contribution in [0.1, 0.15) is 39.5 Å². The molecule has 1 aliphatic rings. The molecule has 0 bridgehead atoms. The summed E-state index contributed by atoms with van der Waals surface area (Å²) in [4.78, 5) is 0. The lowest BCUT2D eigenvalue weighted by Crippen LogP contribution is -2.16. The first-order valence-electron chi connectivity index (χ1n) is 5.07. The Hall–Kier alpha value is -0.120. The van der Waals surface area contributed by atoms with Crippen molar-refractivity contribution in [2.45, 2.75) is 39.5 Å². The zero-order valence-corrected chi connectivity index (χ0v) is 8.97. The highest BCUT2D eigenvalue weighted by atomic mass is 16.6. The summed E-state index contributed by atoms with van der Waals surface area (Å²) in [5.74, 6) is 0. The summed E-state index contributed by atoms with van der Waals surface area (Å²) >= 11 is 0. The van der Waals surface area contributed by atoms with Crippen LogP contribution in [0, 0.1) is 0 Å². The van der Waals surface area contributed by atoms with Crippen molar-refractivity contribution in [3.05, 3.63) is 0 Å². The van der Waals surface area contributed by atoms with Gasteiger partial charge in [0.05, 0.1) is 26.4 Å². The van der Waals surface area contributed by atoms with E-state index in [-0.39, 0.29) is 5.48 Å². The van der Waals surface area contributed by atoms with Crippen LogP contribution < -0.4 is 0 Å². The first-order chi connectivity index (χ1) is 5.91. The molecule has 0 aromatic rings. The molecule has 1 aliphatic heterocycles. The Labute approximate surface area is 81.7 Å². The van der Waals surface area contributed by atoms with Crippen LogP contribution in [0.3, 0.4) is 0 Å². The van der Waals surface area contributed by atoms with Crippen molar-refractivity contribution < 1.29 is 14.9 Å². The van der Waals surface area contributed by atoms with Crippen LogP contribution in [0.4, 0.5) is 0 Å². The second-order valence-electron chi connectivity index (χ2n) is 2.93. The summed E-state index contributed by atoms with van der Waals surface area (Å²) in [6.07, 6.45) is 5.54. The van der Waals surface area contributed by atoms with Gasteiger partial charge in [0.25, 0.3) is 0 Å². The number of ether oxygens (including phenoxy) is 2. The molecule has 0 aliphatic carbocycles. The zero-order chi connectivity index (χ0) is 9.07. The van der Waals surface area contributed by atoms with Crippen LogP contribution in [0.25, 0.3) is 0 Å². The molecule has 0 unspecified atom stereocenters. The summed E-state index contributed by atoms with van der Waals surface area (Å²) in [5.41, 5.74) is 0. The first kappa shape index (κ1) is 15.4. The van der Waals surface area contributed by atoms with E-state index >= 15 is 0 Å². The van der Waals surface area contributed by atoms with Crippen molar-refractivity contribution in [1.29, 1.82) is 0 Å². The standard InChI is InChI=1S/C6H14.C4H8O2.H2O/c1-3-5-6-4-2;1-2-6-4-3-5-1;/h3-6H2,1-2H3;1-4H2;1H2. The SMILES string of the molecule is C1COCCO1.CCCCCC.O. The predicted octanol–water partition coefficient (Wildman–Crippen LogP) is 1.80. The Morgan fingerprint density at radius 3 is 1.23 bits per heavy atom. The minimum absolute atomic E-state index is 0. The molecule has 0 spiro atoms. The second-order valence-corrected chi connectivity index (χ2v) is 2.93. The Morgan fingerprint density at radius 2 is 1.08 bits per heavy atom. The van der Waals surface area contributed by atoms with Gasteiger partial charge in [-0.05, 0) is 0 Å². The van der Waals surface area contributed by atoms with E-state index in [9.17, 15) is 0 Å². The first-order valence-corrected chi connectivity index (χ1v) is 5.07. The molecule has 0 aromatic carbocycles. The monoisotopic (exact) mass is 192 g/mol. The fourth-order valence-electron chi connectivity index (χ4n) is 0.940. The summed E-state index contributed by atoms with van der Waals surface area (Å²) in [6.45, 7) is 7.57. The highest BCUT2D eigenvalue weighted by Crippen LogP contribution is 1.95. The Bertz CT molecular complexity index is 57.1. The van der Waals surface area contributed by atoms with Gasteiger partial charge in [-0.3, -0.25) is 0 Å². The molecule has 2 N–H and O–H groups in total. The molecular formula is C10H24O3. The van der Waals surface area contributed by atoms with Crippen LogP contribution in [0.5, 0.6) is 0 Å². The van der Waals surface area contributed by atoms with Crippen molar-refractivity contribution in [1.82, 2.24) is 0 Å². The Kier molecular flexibility index (Phi) is 17.0. The zero-order valence-electron chi connectivity index (χ0n) is 8.97. The molecule has 0 radical (unpaired) electrons. The lowest BCUT2D eigenvalue weighted by Gasteiger charge is -2.09. The third-order valence-corrected chi connectivity index (χ3v) is 1.70. The maximum absolute atomic E-state index is 4.94. The van der Waals surface area contributed by atoms with Gasteiger partial charge in [-0.2, -0.15) is 0 Å². The van der Waals surface area contributed by atoms with Gasteiger partial charge >= 0.3 is 0 Å². The molecule has 3 nitrogen and oxygen atoms in total. The minimum Gasteiger partial charge on any atom is -0.412 e. The Morgan fingerprint density at radius 1 is 0.769 bits per heavy atom. The van der Waals surface area contributed by atoms with E-state index < -0.39 is 0 Å². The van der Waals surface area contributed by atoms with E-state index in [1.165, 1.54) is 25.7 Å². The van der Waals surface area contributed by atoms with Crippen LogP contribution in [0.2, 0.25) is 0 Å². The molecule has 0 amide bonds. The molecule has 1 rings (SSSR count). The highest BCUT2D eigenvalue weighted by molar-refractivity contribution is 4.37. The number of hydrogen-bond donors (Lipinski definition) is 0. The predicted molar refractivity (Wildman–Crippen MR) is 55.1 cm³/mol. The maximum atomic E-state index is 4.94. The molecular weight excluding hydrogens is 168 g/mol. The van der Waals surface area contributed by atoms with Crippen molar-refractivity contribution in [3.63, 3.8) is 0 Å². The van der Waals surface area contributed by atoms with Crippen molar-refractivity contribution in [2.24, 2.45) is 0 Å². The number of rotatable bonds is 3. The van der Waals surface area contributed by atoms with Crippen molar-refractivity contribution in [3.8, 4) is 0 Å². The van der Waals surface area contributed by atoms with Gasteiger partial charge in [-0.25, -0.2) is 0 Å². The van der Waals surface area contributed by atoms with Gasteiger partial charge < -0.3 is 14.9 Å². The maximum Gasteiger partial charge on any atom is 0.0701 e. The number of unbranched alkanes of at least 4 members (excludes halogenated alkanes) is 3. The van der Waals surface area contributed by atoms with E-state index in [2.05, 4.69) is 13.8 Å². The molecule has 0 aromatic heterocycles. The smallest absolute Gasteiger partial charge is 0.0701 e. The molecule has 1 fully saturated rings. The summed E-state index contributed by atoms with van der Waals surface area (Å²) in [6, 6.07) is 0. The van der Waals surface area contributed by atoms with Gasteiger partial charge in [-0.1, -0.05) is 39.5 Å². The van der Waals surface area contributed by atoms with E-state index in [1.807, 2.05) is 0 Å². The lowest BCUT2D eigenvalue weighted by atomic mass is 10.2. The van der Waals surface area contributed by atoms with E-state index in [1.54, 1.807) is 0 Å². The van der Waals surface area contributed by atoms with Crippen molar-refractivity contribution in [2.75, 3.05) is 26.4 Å². The van der Waals surface area contributed by atoms with E-state index in [0.717, 1.165) is 26.4 Å². The van der Waals surface area contributed by atoms with Gasteiger partial charge in [-0.15, -0.1) is 0 Å². The Balaban J connectivity index is 0. The van der Waals surface area contributed by atoms with Gasteiger partial charge in [0, 0.05) is 0 Å². The normalized spacial score (nSPS) is 15.2. The van der Waals surface area contributed by atoms with E-state index in [4.69, 9.17) is 9.47 Å². The second kappa shape index (κ2) is 14.4. The summed E-state index contributed by atoms with van der Waals surface area (Å²) < 4.78 is 9.89. The average molecular weight is 192 g/mol. The van der Waals surface area contributed by atoms with Gasteiger partial charge in [0.15, 0.2) is 0 Å². The van der Waals surface area contributed by atoms with Gasteiger partial charge in [0.1, 0.15) is 0 Å². The highest BCUT2D eigenvalue weighted by Gasteiger charge is 1.94. The van der Waals surface area contributed by atoms with Crippen LogP contribution in [-0.2, 0) is 9.47 Å². The van der Waals surface area contributed by atoms with Crippen molar-refractivity contribution >= 4 is 0 Å². The average Bonchev–Trinajstić information content (AvgIpc) is 2.18.